The lowest BCUT2D eigenvalue weighted by Gasteiger charge is -2.16. The lowest BCUT2D eigenvalue weighted by Crippen LogP contribution is -2.31. The number of hydrogen-bond donors (Lipinski definition) is 1. The van der Waals surface area contributed by atoms with Crippen molar-refractivity contribution in [2.24, 2.45) is 11.8 Å². The molecule has 0 aromatic carbocycles. The van der Waals surface area contributed by atoms with Crippen molar-refractivity contribution in [1.82, 2.24) is 10.2 Å². The van der Waals surface area contributed by atoms with Gasteiger partial charge >= 0.3 is 0 Å². The lowest BCUT2D eigenvalue weighted by atomic mass is 10.0. The number of hydrogen-bond acceptors (Lipinski definition) is 3. The number of nitrogens with zero attached hydrogens (tertiary/aromatic N) is 1. The lowest BCUT2D eigenvalue weighted by molar-refractivity contribution is 0.0786. The fourth-order valence-corrected chi connectivity index (χ4v) is 3.96. The monoisotopic (exact) mass is 300 g/mol. The first-order valence-electron chi connectivity index (χ1n) is 5.49. The van der Waals surface area contributed by atoms with E-state index in [2.05, 4.69) is 21.2 Å². The molecular formula is C11H13BrN2OS. The first-order valence-corrected chi connectivity index (χ1v) is 7.10. The van der Waals surface area contributed by atoms with E-state index in [0.717, 1.165) is 34.8 Å². The maximum atomic E-state index is 12.2. The maximum absolute atomic E-state index is 12.2. The third-order valence-electron chi connectivity index (χ3n) is 3.46. The standard InChI is InChI=1S/C11H13BrN2OS/c12-10-2-1-9(16-10)11(15)14-5-7-3-13-4-8(7)6-14/h1-2,7-8,13H,3-6H2. The van der Waals surface area contributed by atoms with E-state index in [0.29, 0.717) is 11.8 Å². The summed E-state index contributed by atoms with van der Waals surface area (Å²) in [6.07, 6.45) is 0. The van der Waals surface area contributed by atoms with E-state index in [4.69, 9.17) is 0 Å². The highest BCUT2D eigenvalue weighted by atomic mass is 79.9. The van der Waals surface area contributed by atoms with Crippen LogP contribution in [0.4, 0.5) is 0 Å². The molecule has 2 unspecified atom stereocenters. The Labute approximate surface area is 107 Å². The predicted molar refractivity (Wildman–Crippen MR) is 67.8 cm³/mol. The van der Waals surface area contributed by atoms with Crippen LogP contribution in [-0.2, 0) is 0 Å². The van der Waals surface area contributed by atoms with Gasteiger partial charge in [-0.1, -0.05) is 0 Å². The summed E-state index contributed by atoms with van der Waals surface area (Å²) >= 11 is 4.92. The Morgan fingerprint density at radius 3 is 2.62 bits per heavy atom. The van der Waals surface area contributed by atoms with Crippen LogP contribution in [0.5, 0.6) is 0 Å². The van der Waals surface area contributed by atoms with E-state index in [1.54, 1.807) is 0 Å². The van der Waals surface area contributed by atoms with Crippen LogP contribution in [-0.4, -0.2) is 37.0 Å². The summed E-state index contributed by atoms with van der Waals surface area (Å²) < 4.78 is 1.02. The SMILES string of the molecule is O=C(c1ccc(Br)s1)N1CC2CNCC2C1. The molecule has 86 valence electrons. The molecular weight excluding hydrogens is 288 g/mol. The first kappa shape index (κ1) is 10.7. The Balaban J connectivity index is 1.73. The summed E-state index contributed by atoms with van der Waals surface area (Å²) in [5.74, 6) is 1.55. The van der Waals surface area contributed by atoms with Gasteiger partial charge < -0.3 is 10.2 Å². The molecule has 0 bridgehead atoms. The van der Waals surface area contributed by atoms with Crippen LogP contribution in [0.3, 0.4) is 0 Å². The quantitative estimate of drug-likeness (QED) is 0.858. The summed E-state index contributed by atoms with van der Waals surface area (Å²) in [6.45, 7) is 3.99. The summed E-state index contributed by atoms with van der Waals surface area (Å²) in [5.41, 5.74) is 0. The molecule has 3 rings (SSSR count). The van der Waals surface area contributed by atoms with Gasteiger partial charge in [-0.05, 0) is 39.9 Å². The second kappa shape index (κ2) is 4.13. The fourth-order valence-electron chi connectivity index (χ4n) is 2.61. The predicted octanol–water partition coefficient (Wildman–Crippen LogP) is 1.80. The molecule has 1 aromatic heterocycles. The van der Waals surface area contributed by atoms with Crippen molar-refractivity contribution in [3.05, 3.63) is 20.8 Å². The summed E-state index contributed by atoms with van der Waals surface area (Å²) in [5, 5.41) is 3.38. The normalized spacial score (nSPS) is 28.4. The van der Waals surface area contributed by atoms with E-state index < -0.39 is 0 Å². The summed E-state index contributed by atoms with van der Waals surface area (Å²) in [6, 6.07) is 3.85. The molecule has 3 nitrogen and oxygen atoms in total. The third-order valence-corrected chi connectivity index (χ3v) is 5.07. The summed E-state index contributed by atoms with van der Waals surface area (Å²) in [7, 11) is 0. The van der Waals surface area contributed by atoms with Gasteiger partial charge in [-0.3, -0.25) is 4.79 Å². The third kappa shape index (κ3) is 1.81. The highest BCUT2D eigenvalue weighted by Gasteiger charge is 2.38. The van der Waals surface area contributed by atoms with Gasteiger partial charge in [0, 0.05) is 26.2 Å². The van der Waals surface area contributed by atoms with Crippen molar-refractivity contribution in [3.63, 3.8) is 0 Å². The number of thiophene rings is 1. The zero-order chi connectivity index (χ0) is 11.1. The zero-order valence-electron chi connectivity index (χ0n) is 8.78. The molecule has 16 heavy (non-hydrogen) atoms. The van der Waals surface area contributed by atoms with Gasteiger partial charge in [-0.25, -0.2) is 0 Å². The van der Waals surface area contributed by atoms with Crippen molar-refractivity contribution < 1.29 is 4.79 Å². The Kier molecular flexibility index (Phi) is 2.77. The number of fused-ring (bicyclic) bond motifs is 1. The van der Waals surface area contributed by atoms with Gasteiger partial charge in [0.05, 0.1) is 8.66 Å². The Bertz CT molecular complexity index is 408. The van der Waals surface area contributed by atoms with Gasteiger partial charge in [0.1, 0.15) is 0 Å². The smallest absolute Gasteiger partial charge is 0.263 e. The van der Waals surface area contributed by atoms with Crippen LogP contribution in [0.2, 0.25) is 0 Å². The molecule has 0 spiro atoms. The average molecular weight is 301 g/mol. The Morgan fingerprint density at radius 2 is 2.06 bits per heavy atom. The first-order chi connectivity index (χ1) is 7.74. The van der Waals surface area contributed by atoms with Crippen molar-refractivity contribution in [2.75, 3.05) is 26.2 Å². The molecule has 3 heterocycles. The van der Waals surface area contributed by atoms with E-state index >= 15 is 0 Å². The van der Waals surface area contributed by atoms with Crippen molar-refractivity contribution in [2.45, 2.75) is 0 Å². The van der Waals surface area contributed by atoms with Crippen LogP contribution < -0.4 is 5.32 Å². The van der Waals surface area contributed by atoms with Crippen molar-refractivity contribution in [3.8, 4) is 0 Å². The van der Waals surface area contributed by atoms with Crippen LogP contribution in [0.25, 0.3) is 0 Å². The molecule has 2 aliphatic rings. The number of nitrogens with one attached hydrogen (secondary N) is 1. The fraction of sp³-hybridized carbons (Fsp3) is 0.545. The molecule has 0 saturated carbocycles. The van der Waals surface area contributed by atoms with E-state index in [1.807, 2.05) is 17.0 Å². The Morgan fingerprint density at radius 1 is 1.38 bits per heavy atom. The minimum absolute atomic E-state index is 0.199. The summed E-state index contributed by atoms with van der Waals surface area (Å²) in [4.78, 5) is 15.0. The van der Waals surface area contributed by atoms with E-state index in [1.165, 1.54) is 11.3 Å². The molecule has 0 radical (unpaired) electrons. The van der Waals surface area contributed by atoms with Crippen LogP contribution in [0.15, 0.2) is 15.9 Å². The van der Waals surface area contributed by atoms with Crippen LogP contribution in [0.1, 0.15) is 9.67 Å². The molecule has 2 atom stereocenters. The number of rotatable bonds is 1. The van der Waals surface area contributed by atoms with Gasteiger partial charge in [0.2, 0.25) is 0 Å². The molecule has 1 amide bonds. The van der Waals surface area contributed by atoms with E-state index in [9.17, 15) is 4.79 Å². The highest BCUT2D eigenvalue weighted by molar-refractivity contribution is 9.11. The van der Waals surface area contributed by atoms with Gasteiger partial charge in [0.25, 0.3) is 5.91 Å². The molecule has 1 N–H and O–H groups in total. The molecule has 2 saturated heterocycles. The molecule has 2 fully saturated rings. The highest BCUT2D eigenvalue weighted by Crippen LogP contribution is 2.29. The second-order valence-corrected chi connectivity index (χ2v) is 6.96. The number of likely N-dealkylation sites (tertiary alicyclic amines) is 1. The maximum Gasteiger partial charge on any atom is 0.263 e. The number of carbonyl (C=O) groups excluding carboxylic acids is 1. The minimum Gasteiger partial charge on any atom is -0.337 e. The van der Waals surface area contributed by atoms with Crippen LogP contribution in [0, 0.1) is 11.8 Å². The number of carbonyl (C=O) groups is 1. The molecule has 0 aliphatic carbocycles. The topological polar surface area (TPSA) is 32.3 Å². The number of halogens is 1. The average Bonchev–Trinajstić information content (AvgIpc) is 2.89. The molecule has 5 heteroatoms. The molecule has 2 aliphatic heterocycles. The number of amides is 1. The van der Waals surface area contributed by atoms with Crippen molar-refractivity contribution in [1.29, 1.82) is 0 Å². The molecule has 1 aromatic rings. The van der Waals surface area contributed by atoms with Gasteiger partial charge in [-0.15, -0.1) is 11.3 Å². The zero-order valence-corrected chi connectivity index (χ0v) is 11.2. The Hall–Kier alpha value is -0.390. The second-order valence-electron chi connectivity index (χ2n) is 4.49. The van der Waals surface area contributed by atoms with Crippen LogP contribution >= 0.6 is 27.3 Å². The van der Waals surface area contributed by atoms with Gasteiger partial charge in [0.15, 0.2) is 0 Å². The van der Waals surface area contributed by atoms with E-state index in [-0.39, 0.29) is 5.91 Å². The van der Waals surface area contributed by atoms with Crippen molar-refractivity contribution >= 4 is 33.2 Å². The largest absolute Gasteiger partial charge is 0.337 e. The van der Waals surface area contributed by atoms with Gasteiger partial charge in [-0.2, -0.15) is 0 Å². The minimum atomic E-state index is 0.199.